The molecule has 0 saturated heterocycles. The zero-order valence-electron chi connectivity index (χ0n) is 16.1. The van der Waals surface area contributed by atoms with E-state index in [1.165, 1.54) is 25.7 Å². The van der Waals surface area contributed by atoms with Crippen LogP contribution in [-0.4, -0.2) is 41.3 Å². The Hall–Kier alpha value is -0.408. The summed E-state index contributed by atoms with van der Waals surface area (Å²) in [6, 6.07) is 0. The molecule has 0 radical (unpaired) electrons. The summed E-state index contributed by atoms with van der Waals surface area (Å²) in [5.41, 5.74) is 0. The summed E-state index contributed by atoms with van der Waals surface area (Å²) in [5.74, 6) is -1.47. The fourth-order valence-electron chi connectivity index (χ4n) is 1.53. The number of ketones is 1. The fourth-order valence-corrected chi connectivity index (χ4v) is 1.53. The Morgan fingerprint density at radius 2 is 1.12 bits per heavy atom. The van der Waals surface area contributed by atoms with E-state index in [1.54, 1.807) is 27.7 Å². The maximum absolute atomic E-state index is 11.0. The van der Waals surface area contributed by atoms with Gasteiger partial charge in [0.1, 0.15) is 5.78 Å². The minimum Gasteiger partial charge on any atom is -0.852 e. The van der Waals surface area contributed by atoms with Crippen molar-refractivity contribution in [2.75, 3.05) is 0 Å². The molecule has 0 unspecified atom stereocenters. The third-order valence-electron chi connectivity index (χ3n) is 2.40. The van der Waals surface area contributed by atoms with Gasteiger partial charge in [-0.25, -0.2) is 0 Å². The van der Waals surface area contributed by atoms with Crippen molar-refractivity contribution in [3.8, 4) is 0 Å². The SMILES string of the molecule is CC(C)[O-].CC(C)[O-].CCCCCCCCCC(=O)CC(=O)[O-].[Al+3]. The molecule has 0 spiro atoms. The molecular formula is C18H35AlO5. The van der Waals surface area contributed by atoms with Gasteiger partial charge in [-0.2, -0.15) is 0 Å². The van der Waals surface area contributed by atoms with Crippen LogP contribution >= 0.6 is 0 Å². The first-order chi connectivity index (χ1) is 10.6. The summed E-state index contributed by atoms with van der Waals surface area (Å²) in [5, 5.41) is 29.1. The minimum absolute atomic E-state index is 0. The van der Waals surface area contributed by atoms with Gasteiger partial charge in [0.15, 0.2) is 0 Å². The Balaban J connectivity index is -0.000000186. The Morgan fingerprint density at radius 3 is 1.46 bits per heavy atom. The van der Waals surface area contributed by atoms with Crippen molar-refractivity contribution in [1.82, 2.24) is 0 Å². The number of hydrogen-bond acceptors (Lipinski definition) is 5. The molecule has 0 aromatic rings. The van der Waals surface area contributed by atoms with Crippen molar-refractivity contribution < 1.29 is 24.9 Å². The summed E-state index contributed by atoms with van der Waals surface area (Å²) < 4.78 is 0. The maximum atomic E-state index is 11.0. The molecule has 24 heavy (non-hydrogen) atoms. The first-order valence-corrected chi connectivity index (χ1v) is 8.66. The van der Waals surface area contributed by atoms with Crippen LogP contribution in [0.2, 0.25) is 0 Å². The Kier molecular flexibility index (Phi) is 32.5. The quantitative estimate of drug-likeness (QED) is 0.329. The van der Waals surface area contributed by atoms with Crippen LogP contribution in [0.15, 0.2) is 0 Å². The number of carboxylic acid groups (broad SMARTS) is 1. The van der Waals surface area contributed by atoms with Gasteiger partial charge in [-0.1, -0.05) is 73.1 Å². The molecule has 0 heterocycles. The van der Waals surface area contributed by atoms with Crippen LogP contribution in [0.5, 0.6) is 0 Å². The summed E-state index contributed by atoms with van der Waals surface area (Å²) in [6.45, 7) is 8.62. The molecule has 0 atom stereocenters. The standard InChI is InChI=1S/C12H22O3.2C3H7O.Al/c1-2-3-4-5-6-7-8-9-11(13)10-12(14)15;2*1-3(2)4;/h2-10H2,1H3,(H,14,15);2*3H,1-2H3;/q;2*-1;+3/p-1. The zero-order valence-corrected chi connectivity index (χ0v) is 17.3. The molecule has 0 saturated carbocycles. The van der Waals surface area contributed by atoms with Crippen LogP contribution < -0.4 is 15.3 Å². The molecule has 0 fully saturated rings. The van der Waals surface area contributed by atoms with Gasteiger partial charge in [-0.05, 0) is 6.42 Å². The average molecular weight is 358 g/mol. The topological polar surface area (TPSA) is 103 Å². The first kappa shape index (κ1) is 31.4. The third kappa shape index (κ3) is 57.7. The molecule has 0 bridgehead atoms. The number of Topliss-reactive ketones (excluding diaryl/α,β-unsaturated/α-hetero) is 1. The Bertz CT molecular complexity index is 257. The van der Waals surface area contributed by atoms with Gasteiger partial charge in [-0.3, -0.25) is 4.79 Å². The van der Waals surface area contributed by atoms with E-state index in [1.807, 2.05) is 0 Å². The molecule has 140 valence electrons. The Morgan fingerprint density at radius 1 is 0.792 bits per heavy atom. The molecule has 0 aromatic heterocycles. The van der Waals surface area contributed by atoms with Crippen molar-refractivity contribution in [2.45, 2.75) is 105 Å². The number of carbonyl (C=O) groups is 2. The van der Waals surface area contributed by atoms with E-state index in [0.29, 0.717) is 6.42 Å². The number of carbonyl (C=O) groups excluding carboxylic acids is 2. The summed E-state index contributed by atoms with van der Waals surface area (Å²) in [7, 11) is 0. The second kappa shape index (κ2) is 24.8. The van der Waals surface area contributed by atoms with Crippen molar-refractivity contribution in [3.63, 3.8) is 0 Å². The molecule has 0 amide bonds. The van der Waals surface area contributed by atoms with Gasteiger partial charge in [0, 0.05) is 18.8 Å². The minimum atomic E-state index is -1.26. The normalized spacial score (nSPS) is 9.38. The number of hydrogen-bond donors (Lipinski definition) is 0. The van der Waals surface area contributed by atoms with E-state index in [9.17, 15) is 24.9 Å². The molecule has 0 rings (SSSR count). The molecule has 0 aliphatic carbocycles. The van der Waals surface area contributed by atoms with Crippen LogP contribution in [0.4, 0.5) is 0 Å². The fraction of sp³-hybridized carbons (Fsp3) is 0.889. The van der Waals surface area contributed by atoms with Crippen LogP contribution in [-0.2, 0) is 9.59 Å². The molecule has 0 N–H and O–H groups in total. The van der Waals surface area contributed by atoms with Gasteiger partial charge in [0.2, 0.25) is 0 Å². The number of aliphatic carboxylic acids is 1. The molecule has 0 aliphatic heterocycles. The van der Waals surface area contributed by atoms with Crippen molar-refractivity contribution in [3.05, 3.63) is 0 Å². The summed E-state index contributed by atoms with van der Waals surface area (Å²) >= 11 is 0. The van der Waals surface area contributed by atoms with Crippen LogP contribution in [0, 0.1) is 0 Å². The molecular weight excluding hydrogens is 323 g/mol. The number of rotatable bonds is 10. The first-order valence-electron chi connectivity index (χ1n) is 8.66. The van der Waals surface area contributed by atoms with Gasteiger partial charge in [0.25, 0.3) is 0 Å². The van der Waals surface area contributed by atoms with Gasteiger partial charge in [-0.15, -0.1) is 12.2 Å². The van der Waals surface area contributed by atoms with E-state index in [-0.39, 0.29) is 23.1 Å². The van der Waals surface area contributed by atoms with Gasteiger partial charge < -0.3 is 20.1 Å². The van der Waals surface area contributed by atoms with E-state index in [2.05, 4.69) is 6.92 Å². The van der Waals surface area contributed by atoms with Crippen LogP contribution in [0.3, 0.4) is 0 Å². The monoisotopic (exact) mass is 358 g/mol. The summed E-state index contributed by atoms with van der Waals surface area (Å²) in [4.78, 5) is 21.1. The molecule has 0 aliphatic rings. The van der Waals surface area contributed by atoms with Gasteiger partial charge >= 0.3 is 17.4 Å². The number of carboxylic acids is 1. The molecule has 5 nitrogen and oxygen atoms in total. The van der Waals surface area contributed by atoms with Crippen LogP contribution in [0.25, 0.3) is 0 Å². The smallest absolute Gasteiger partial charge is 0.852 e. The summed E-state index contributed by atoms with van der Waals surface area (Å²) in [6.07, 6.45) is 7.15. The third-order valence-corrected chi connectivity index (χ3v) is 2.40. The number of unbranched alkanes of at least 4 members (excludes halogenated alkanes) is 6. The van der Waals surface area contributed by atoms with E-state index in [4.69, 9.17) is 0 Å². The van der Waals surface area contributed by atoms with Crippen molar-refractivity contribution in [2.24, 2.45) is 0 Å². The Labute approximate surface area is 159 Å². The van der Waals surface area contributed by atoms with Crippen molar-refractivity contribution >= 4 is 29.1 Å². The molecule has 6 heteroatoms. The second-order valence-corrected chi connectivity index (χ2v) is 6.06. The predicted molar refractivity (Wildman–Crippen MR) is 93.3 cm³/mol. The largest absolute Gasteiger partial charge is 3.00 e. The van der Waals surface area contributed by atoms with Crippen molar-refractivity contribution in [1.29, 1.82) is 0 Å². The predicted octanol–water partition coefficient (Wildman–Crippen LogP) is 0.966. The van der Waals surface area contributed by atoms with E-state index < -0.39 is 24.6 Å². The van der Waals surface area contributed by atoms with E-state index >= 15 is 0 Å². The van der Waals surface area contributed by atoms with Gasteiger partial charge in [0.05, 0.1) is 0 Å². The average Bonchev–Trinajstić information content (AvgIpc) is 2.35. The van der Waals surface area contributed by atoms with E-state index in [0.717, 1.165) is 19.3 Å². The maximum Gasteiger partial charge on any atom is 3.00 e. The van der Waals surface area contributed by atoms with Crippen LogP contribution in [0.1, 0.15) is 92.4 Å². The molecule has 0 aromatic carbocycles. The second-order valence-electron chi connectivity index (χ2n) is 6.06. The zero-order chi connectivity index (χ0) is 18.7.